The number of nitrogens with one attached hydrogen (secondary N) is 1. The quantitative estimate of drug-likeness (QED) is 0.773. The van der Waals surface area contributed by atoms with Gasteiger partial charge >= 0.3 is 0 Å². The maximum atomic E-state index is 11.7. The highest BCUT2D eigenvalue weighted by Crippen LogP contribution is 2.07. The maximum absolute atomic E-state index is 11.7. The molecule has 0 bridgehead atoms. The molecule has 1 N–H and O–H groups in total. The second-order valence-corrected chi connectivity index (χ2v) is 4.10. The van der Waals surface area contributed by atoms with Crippen LogP contribution < -0.4 is 5.32 Å². The van der Waals surface area contributed by atoms with Gasteiger partial charge in [0.25, 0.3) is 5.91 Å². The monoisotopic (exact) mass is 239 g/mol. The third-order valence-corrected chi connectivity index (χ3v) is 2.38. The van der Waals surface area contributed by atoms with E-state index >= 15 is 0 Å². The Morgan fingerprint density at radius 3 is 2.62 bits per heavy atom. The van der Waals surface area contributed by atoms with Crippen LogP contribution in [0.15, 0.2) is 29.2 Å². The van der Waals surface area contributed by atoms with Gasteiger partial charge in [0.2, 0.25) is 0 Å². The molecule has 0 spiro atoms. The van der Waals surface area contributed by atoms with Gasteiger partial charge in [-0.15, -0.1) is 12.6 Å². The van der Waals surface area contributed by atoms with Gasteiger partial charge in [0.1, 0.15) is 0 Å². The van der Waals surface area contributed by atoms with Crippen LogP contribution in [0, 0.1) is 0 Å². The summed E-state index contributed by atoms with van der Waals surface area (Å²) < 4.78 is 5.22. The summed E-state index contributed by atoms with van der Waals surface area (Å²) in [5, 5.41) is 2.86. The molecule has 3 nitrogen and oxygen atoms in total. The largest absolute Gasteiger partial charge is 0.380 e. The summed E-state index contributed by atoms with van der Waals surface area (Å²) in [6.07, 6.45) is 0. The highest BCUT2D eigenvalue weighted by Gasteiger charge is 2.08. The van der Waals surface area contributed by atoms with Crippen LogP contribution >= 0.6 is 12.6 Å². The van der Waals surface area contributed by atoms with Gasteiger partial charge in [0.05, 0.1) is 6.61 Å². The third-order valence-electron chi connectivity index (χ3n) is 2.08. The minimum atomic E-state index is -0.0828. The number of carbonyl (C=O) groups excluding carboxylic acids is 1. The van der Waals surface area contributed by atoms with E-state index in [0.717, 1.165) is 4.90 Å². The Bertz CT molecular complexity index is 337. The van der Waals surface area contributed by atoms with Crippen molar-refractivity contribution in [1.82, 2.24) is 5.32 Å². The lowest BCUT2D eigenvalue weighted by Crippen LogP contribution is -2.35. The van der Waals surface area contributed by atoms with Crippen molar-refractivity contribution in [2.75, 3.05) is 13.2 Å². The first-order valence-electron chi connectivity index (χ1n) is 5.31. The summed E-state index contributed by atoms with van der Waals surface area (Å²) in [5.41, 5.74) is 0.640. The standard InChI is InChI=1S/C12H17NO2S/c1-3-15-8-9(2)13-12(14)10-4-6-11(16)7-5-10/h4-7,9,16H,3,8H2,1-2H3,(H,13,14). The number of hydrogen-bond acceptors (Lipinski definition) is 3. The van der Waals surface area contributed by atoms with Crippen LogP contribution in [0.1, 0.15) is 24.2 Å². The number of hydrogen-bond donors (Lipinski definition) is 2. The fraction of sp³-hybridized carbons (Fsp3) is 0.417. The van der Waals surface area contributed by atoms with Crippen molar-refractivity contribution in [3.8, 4) is 0 Å². The Morgan fingerprint density at radius 1 is 1.44 bits per heavy atom. The molecule has 0 saturated heterocycles. The number of thiol groups is 1. The molecule has 1 atom stereocenters. The van der Waals surface area contributed by atoms with Crippen LogP contribution in [0.25, 0.3) is 0 Å². The molecule has 0 saturated carbocycles. The van der Waals surface area contributed by atoms with Gasteiger partial charge in [-0.25, -0.2) is 0 Å². The van der Waals surface area contributed by atoms with Gasteiger partial charge in [0.15, 0.2) is 0 Å². The minimum absolute atomic E-state index is 0.0168. The van der Waals surface area contributed by atoms with E-state index in [0.29, 0.717) is 18.8 Å². The molecule has 1 aromatic rings. The molecule has 88 valence electrons. The molecular weight excluding hydrogens is 222 g/mol. The lowest BCUT2D eigenvalue weighted by Gasteiger charge is -2.13. The average Bonchev–Trinajstić information content (AvgIpc) is 2.27. The lowest BCUT2D eigenvalue weighted by molar-refractivity contribution is 0.0872. The summed E-state index contributed by atoms with van der Waals surface area (Å²) in [4.78, 5) is 12.6. The first kappa shape index (κ1) is 13.1. The molecule has 1 amide bonds. The van der Waals surface area contributed by atoms with Crippen molar-refractivity contribution in [2.45, 2.75) is 24.8 Å². The molecule has 16 heavy (non-hydrogen) atoms. The Labute approximate surface area is 102 Å². The van der Waals surface area contributed by atoms with Gasteiger partial charge in [-0.1, -0.05) is 0 Å². The predicted octanol–water partition coefficient (Wildman–Crippen LogP) is 2.13. The molecule has 0 radical (unpaired) electrons. The van der Waals surface area contributed by atoms with Crippen LogP contribution in [0.2, 0.25) is 0 Å². The number of benzene rings is 1. The average molecular weight is 239 g/mol. The number of rotatable bonds is 5. The molecule has 1 rings (SSSR count). The number of ether oxygens (including phenoxy) is 1. The Morgan fingerprint density at radius 2 is 2.06 bits per heavy atom. The highest BCUT2D eigenvalue weighted by molar-refractivity contribution is 7.80. The molecule has 0 aliphatic rings. The first-order valence-corrected chi connectivity index (χ1v) is 5.76. The van der Waals surface area contributed by atoms with E-state index in [2.05, 4.69) is 17.9 Å². The van der Waals surface area contributed by atoms with E-state index < -0.39 is 0 Å². The van der Waals surface area contributed by atoms with Gasteiger partial charge in [-0.05, 0) is 38.1 Å². The Kier molecular flexibility index (Phi) is 5.35. The second-order valence-electron chi connectivity index (χ2n) is 3.58. The summed E-state index contributed by atoms with van der Waals surface area (Å²) >= 11 is 4.16. The van der Waals surface area contributed by atoms with E-state index in [9.17, 15) is 4.79 Å². The zero-order chi connectivity index (χ0) is 12.0. The second kappa shape index (κ2) is 6.55. The lowest BCUT2D eigenvalue weighted by atomic mass is 10.2. The van der Waals surface area contributed by atoms with Crippen LogP contribution in [0.4, 0.5) is 0 Å². The van der Waals surface area contributed by atoms with Gasteiger partial charge in [0, 0.05) is 23.1 Å². The van der Waals surface area contributed by atoms with Crippen LogP contribution in [-0.2, 0) is 4.74 Å². The van der Waals surface area contributed by atoms with Crippen molar-refractivity contribution >= 4 is 18.5 Å². The summed E-state index contributed by atoms with van der Waals surface area (Å²) in [5.74, 6) is -0.0828. The van der Waals surface area contributed by atoms with Gasteiger partial charge in [-0.2, -0.15) is 0 Å². The Hall–Kier alpha value is -1.00. The highest BCUT2D eigenvalue weighted by atomic mass is 32.1. The van der Waals surface area contributed by atoms with E-state index in [-0.39, 0.29) is 11.9 Å². The van der Waals surface area contributed by atoms with E-state index in [1.54, 1.807) is 24.3 Å². The molecule has 0 fully saturated rings. The Balaban J connectivity index is 2.48. The van der Waals surface area contributed by atoms with Crippen LogP contribution in [0.3, 0.4) is 0 Å². The van der Waals surface area contributed by atoms with E-state index in [4.69, 9.17) is 4.74 Å². The smallest absolute Gasteiger partial charge is 0.251 e. The van der Waals surface area contributed by atoms with Crippen LogP contribution in [-0.4, -0.2) is 25.2 Å². The molecule has 4 heteroatoms. The van der Waals surface area contributed by atoms with Crippen molar-refractivity contribution < 1.29 is 9.53 Å². The number of carbonyl (C=O) groups is 1. The van der Waals surface area contributed by atoms with Crippen LogP contribution in [0.5, 0.6) is 0 Å². The van der Waals surface area contributed by atoms with Gasteiger partial charge in [-0.3, -0.25) is 4.79 Å². The molecule has 0 aliphatic carbocycles. The fourth-order valence-electron chi connectivity index (χ4n) is 1.26. The fourth-order valence-corrected chi connectivity index (χ4v) is 1.41. The number of amides is 1. The predicted molar refractivity (Wildman–Crippen MR) is 67.1 cm³/mol. The van der Waals surface area contributed by atoms with E-state index in [1.165, 1.54) is 0 Å². The molecule has 0 heterocycles. The topological polar surface area (TPSA) is 38.3 Å². The maximum Gasteiger partial charge on any atom is 0.251 e. The third kappa shape index (κ3) is 4.24. The molecule has 1 aromatic carbocycles. The molecule has 1 unspecified atom stereocenters. The summed E-state index contributed by atoms with van der Waals surface area (Å²) in [6.45, 7) is 5.04. The molecular formula is C12H17NO2S. The molecule has 0 aromatic heterocycles. The summed E-state index contributed by atoms with van der Waals surface area (Å²) in [7, 11) is 0. The van der Waals surface area contributed by atoms with Gasteiger partial charge < -0.3 is 10.1 Å². The molecule has 0 aliphatic heterocycles. The van der Waals surface area contributed by atoms with Crippen molar-refractivity contribution in [3.05, 3.63) is 29.8 Å². The van der Waals surface area contributed by atoms with E-state index in [1.807, 2.05) is 13.8 Å². The van der Waals surface area contributed by atoms with Crippen molar-refractivity contribution in [1.29, 1.82) is 0 Å². The summed E-state index contributed by atoms with van der Waals surface area (Å²) in [6, 6.07) is 7.12. The normalized spacial score (nSPS) is 12.2. The zero-order valence-corrected chi connectivity index (χ0v) is 10.5. The first-order chi connectivity index (χ1) is 7.63. The zero-order valence-electron chi connectivity index (χ0n) is 9.56. The van der Waals surface area contributed by atoms with Crippen molar-refractivity contribution in [2.24, 2.45) is 0 Å². The minimum Gasteiger partial charge on any atom is -0.380 e. The SMILES string of the molecule is CCOCC(C)NC(=O)c1ccc(S)cc1. The van der Waals surface area contributed by atoms with Crippen molar-refractivity contribution in [3.63, 3.8) is 0 Å².